The molecule has 0 bridgehead atoms. The van der Waals surface area contributed by atoms with E-state index >= 15 is 0 Å². The third kappa shape index (κ3) is 2.77. The van der Waals surface area contributed by atoms with E-state index in [9.17, 15) is 9.18 Å². The van der Waals surface area contributed by atoms with Gasteiger partial charge in [-0.1, -0.05) is 0 Å². The number of hydrogen-bond acceptors (Lipinski definition) is 4. The van der Waals surface area contributed by atoms with Crippen molar-refractivity contribution in [2.75, 3.05) is 38.8 Å². The number of ether oxygens (including phenoxy) is 1. The number of nitrogens with one attached hydrogen (secondary N) is 2. The third-order valence-corrected chi connectivity index (χ3v) is 2.77. The average Bonchev–Trinajstić information content (AvgIpc) is 2.40. The number of amides is 1. The Morgan fingerprint density at radius 1 is 1.39 bits per heavy atom. The fraction of sp³-hybridized carbons (Fsp3) is 0.417. The van der Waals surface area contributed by atoms with Crippen LogP contribution in [0.25, 0.3) is 0 Å². The van der Waals surface area contributed by atoms with Crippen molar-refractivity contribution in [3.63, 3.8) is 0 Å². The average molecular weight is 253 g/mol. The number of carbonyl (C=O) groups is 1. The van der Waals surface area contributed by atoms with E-state index in [-0.39, 0.29) is 11.5 Å². The van der Waals surface area contributed by atoms with Crippen molar-refractivity contribution < 1.29 is 13.9 Å². The molecular formula is C12H16FN3O2. The van der Waals surface area contributed by atoms with E-state index in [0.717, 1.165) is 0 Å². The van der Waals surface area contributed by atoms with Gasteiger partial charge in [-0.15, -0.1) is 0 Å². The van der Waals surface area contributed by atoms with Crippen LogP contribution in [0.2, 0.25) is 0 Å². The van der Waals surface area contributed by atoms with Crippen LogP contribution in [0.1, 0.15) is 10.4 Å². The van der Waals surface area contributed by atoms with Crippen LogP contribution < -0.4 is 10.9 Å². The molecule has 0 aromatic heterocycles. The van der Waals surface area contributed by atoms with Crippen molar-refractivity contribution in [2.45, 2.75) is 0 Å². The predicted molar refractivity (Wildman–Crippen MR) is 65.8 cm³/mol. The van der Waals surface area contributed by atoms with Crippen LogP contribution in [0.4, 0.5) is 10.1 Å². The smallest absolute Gasteiger partial charge is 0.256 e. The first kappa shape index (κ1) is 12.8. The van der Waals surface area contributed by atoms with Gasteiger partial charge in [-0.3, -0.25) is 4.79 Å². The highest BCUT2D eigenvalue weighted by atomic mass is 19.1. The lowest BCUT2D eigenvalue weighted by Gasteiger charge is -2.27. The summed E-state index contributed by atoms with van der Waals surface area (Å²) < 4.78 is 19.0. The second kappa shape index (κ2) is 5.79. The van der Waals surface area contributed by atoms with E-state index in [0.29, 0.717) is 32.0 Å². The highest BCUT2D eigenvalue weighted by Crippen LogP contribution is 2.16. The van der Waals surface area contributed by atoms with Gasteiger partial charge in [-0.25, -0.2) is 9.82 Å². The lowest BCUT2D eigenvalue weighted by atomic mass is 10.1. The summed E-state index contributed by atoms with van der Waals surface area (Å²) in [6, 6.07) is 4.45. The van der Waals surface area contributed by atoms with Crippen molar-refractivity contribution >= 4 is 11.6 Å². The molecule has 1 aromatic carbocycles. The Balaban J connectivity index is 2.14. The van der Waals surface area contributed by atoms with E-state index < -0.39 is 5.82 Å². The quantitative estimate of drug-likeness (QED) is 0.784. The number of benzene rings is 1. The van der Waals surface area contributed by atoms with E-state index in [1.54, 1.807) is 18.0 Å². The molecule has 0 spiro atoms. The molecule has 2 N–H and O–H groups in total. The molecule has 0 unspecified atom stereocenters. The van der Waals surface area contributed by atoms with Crippen LogP contribution in [0.15, 0.2) is 18.2 Å². The van der Waals surface area contributed by atoms with Crippen LogP contribution in [0, 0.1) is 5.82 Å². The molecule has 1 aliphatic rings. The van der Waals surface area contributed by atoms with Gasteiger partial charge in [-0.05, 0) is 18.2 Å². The lowest BCUT2D eigenvalue weighted by molar-refractivity contribution is 0.0300. The first-order valence-corrected chi connectivity index (χ1v) is 5.81. The summed E-state index contributed by atoms with van der Waals surface area (Å²) in [6.07, 6.45) is 0. The third-order valence-electron chi connectivity index (χ3n) is 2.77. The van der Waals surface area contributed by atoms with E-state index in [1.165, 1.54) is 12.1 Å². The number of hydrogen-bond donors (Lipinski definition) is 2. The molecule has 1 saturated heterocycles. The van der Waals surface area contributed by atoms with Crippen LogP contribution in [0.3, 0.4) is 0 Å². The normalized spacial score (nSPS) is 15.6. The molecule has 1 aromatic rings. The van der Waals surface area contributed by atoms with Gasteiger partial charge < -0.3 is 15.1 Å². The maximum atomic E-state index is 13.8. The summed E-state index contributed by atoms with van der Waals surface area (Å²) in [5.41, 5.74) is 6.13. The molecule has 5 nitrogen and oxygen atoms in total. The fourth-order valence-corrected chi connectivity index (χ4v) is 1.85. The van der Waals surface area contributed by atoms with Gasteiger partial charge in [0.05, 0.1) is 24.5 Å². The summed E-state index contributed by atoms with van der Waals surface area (Å²) in [7, 11) is 1.69. The molecule has 0 saturated carbocycles. The molecule has 1 amide bonds. The van der Waals surface area contributed by atoms with Gasteiger partial charge in [0.25, 0.3) is 5.91 Å². The number of hydrazine groups is 1. The summed E-state index contributed by atoms with van der Waals surface area (Å²) in [4.78, 5) is 13.7. The largest absolute Gasteiger partial charge is 0.378 e. The van der Waals surface area contributed by atoms with Crippen LogP contribution in [-0.2, 0) is 4.74 Å². The van der Waals surface area contributed by atoms with Crippen molar-refractivity contribution in [2.24, 2.45) is 0 Å². The minimum absolute atomic E-state index is 0.0959. The van der Waals surface area contributed by atoms with Crippen LogP contribution >= 0.6 is 0 Å². The zero-order valence-electron chi connectivity index (χ0n) is 10.2. The van der Waals surface area contributed by atoms with Crippen molar-refractivity contribution in [1.82, 2.24) is 10.3 Å². The summed E-state index contributed by atoms with van der Waals surface area (Å²) in [6.45, 7) is 2.03. The van der Waals surface area contributed by atoms with Gasteiger partial charge in [0.1, 0.15) is 5.82 Å². The van der Waals surface area contributed by atoms with Gasteiger partial charge >= 0.3 is 0 Å². The van der Waals surface area contributed by atoms with Crippen molar-refractivity contribution in [1.29, 1.82) is 0 Å². The number of morpholine rings is 1. The minimum Gasteiger partial charge on any atom is -0.378 e. The standard InChI is InChI=1S/C12H16FN3O2/c1-14-15-9-2-3-10(11(13)8-9)12(17)16-4-6-18-7-5-16/h2-3,8,14-15H,4-7H2,1H3. The maximum absolute atomic E-state index is 13.8. The topological polar surface area (TPSA) is 53.6 Å². The number of anilines is 1. The second-order valence-electron chi connectivity index (χ2n) is 3.97. The Kier molecular flexibility index (Phi) is 4.11. The van der Waals surface area contributed by atoms with E-state index in [4.69, 9.17) is 4.74 Å². The Morgan fingerprint density at radius 3 is 2.72 bits per heavy atom. The number of halogens is 1. The summed E-state index contributed by atoms with van der Waals surface area (Å²) in [5, 5.41) is 0. The zero-order valence-corrected chi connectivity index (χ0v) is 10.2. The minimum atomic E-state index is -0.522. The Labute approximate surface area is 105 Å². The molecule has 0 radical (unpaired) electrons. The van der Waals surface area contributed by atoms with Gasteiger partial charge in [-0.2, -0.15) is 0 Å². The van der Waals surface area contributed by atoms with Crippen LogP contribution in [0.5, 0.6) is 0 Å². The molecule has 0 atom stereocenters. The van der Waals surface area contributed by atoms with Gasteiger partial charge in [0.15, 0.2) is 0 Å². The summed E-state index contributed by atoms with van der Waals surface area (Å²) in [5.74, 6) is -0.807. The first-order valence-electron chi connectivity index (χ1n) is 5.81. The predicted octanol–water partition coefficient (Wildman–Crippen LogP) is 0.844. The molecule has 6 heteroatoms. The Bertz CT molecular complexity index is 433. The second-order valence-corrected chi connectivity index (χ2v) is 3.97. The monoisotopic (exact) mass is 253 g/mol. The Hall–Kier alpha value is -1.66. The molecule has 18 heavy (non-hydrogen) atoms. The highest BCUT2D eigenvalue weighted by Gasteiger charge is 2.21. The van der Waals surface area contributed by atoms with Crippen LogP contribution in [-0.4, -0.2) is 44.2 Å². The lowest BCUT2D eigenvalue weighted by Crippen LogP contribution is -2.41. The fourth-order valence-electron chi connectivity index (χ4n) is 1.85. The highest BCUT2D eigenvalue weighted by molar-refractivity contribution is 5.94. The van der Waals surface area contributed by atoms with Crippen molar-refractivity contribution in [3.05, 3.63) is 29.6 Å². The summed E-state index contributed by atoms with van der Waals surface area (Å²) >= 11 is 0. The molecule has 1 aliphatic heterocycles. The molecular weight excluding hydrogens is 237 g/mol. The number of rotatable bonds is 3. The zero-order chi connectivity index (χ0) is 13.0. The molecule has 1 heterocycles. The van der Waals surface area contributed by atoms with E-state index in [1.807, 2.05) is 0 Å². The van der Waals surface area contributed by atoms with Crippen molar-refractivity contribution in [3.8, 4) is 0 Å². The maximum Gasteiger partial charge on any atom is 0.256 e. The van der Waals surface area contributed by atoms with Gasteiger partial charge in [0.2, 0.25) is 0 Å². The molecule has 98 valence electrons. The molecule has 2 rings (SSSR count). The molecule has 0 aliphatic carbocycles. The number of nitrogens with zero attached hydrogens (tertiary/aromatic N) is 1. The first-order chi connectivity index (χ1) is 8.72. The number of carbonyl (C=O) groups excluding carboxylic acids is 1. The Morgan fingerprint density at radius 2 is 2.11 bits per heavy atom. The molecule has 1 fully saturated rings. The van der Waals surface area contributed by atoms with Gasteiger partial charge in [0, 0.05) is 20.1 Å². The SMILES string of the molecule is CNNc1ccc(C(=O)N2CCOCC2)c(F)c1. The van der Waals surface area contributed by atoms with E-state index in [2.05, 4.69) is 10.9 Å².